The third-order valence-electron chi connectivity index (χ3n) is 2.68. The number of halogens is 1. The number of nitrogens with one attached hydrogen (secondary N) is 1. The molecule has 0 radical (unpaired) electrons. The zero-order valence-corrected chi connectivity index (χ0v) is 12.5. The Morgan fingerprint density at radius 2 is 2.24 bits per heavy atom. The molecule has 96 valence electrons. The fraction of sp³-hybridized carbons (Fsp3) is 0.583. The molecule has 3 nitrogen and oxygen atoms in total. The van der Waals surface area contributed by atoms with Gasteiger partial charge in [-0.25, -0.2) is 0 Å². The SMILES string of the molecule is CC(C)(CCNCCc1cc(Br)cs1)C(=O)O. The second kappa shape index (κ2) is 6.52. The van der Waals surface area contributed by atoms with Gasteiger partial charge in [0.15, 0.2) is 0 Å². The van der Waals surface area contributed by atoms with E-state index < -0.39 is 11.4 Å². The highest BCUT2D eigenvalue weighted by Gasteiger charge is 2.25. The molecule has 0 atom stereocenters. The monoisotopic (exact) mass is 319 g/mol. The van der Waals surface area contributed by atoms with E-state index in [4.69, 9.17) is 5.11 Å². The summed E-state index contributed by atoms with van der Waals surface area (Å²) >= 11 is 5.16. The summed E-state index contributed by atoms with van der Waals surface area (Å²) in [5, 5.41) is 14.3. The van der Waals surface area contributed by atoms with Gasteiger partial charge < -0.3 is 10.4 Å². The molecule has 0 aliphatic heterocycles. The molecule has 0 unspecified atom stereocenters. The van der Waals surface area contributed by atoms with Crippen LogP contribution in [0.2, 0.25) is 0 Å². The van der Waals surface area contributed by atoms with Gasteiger partial charge in [0.05, 0.1) is 5.41 Å². The topological polar surface area (TPSA) is 49.3 Å². The summed E-state index contributed by atoms with van der Waals surface area (Å²) in [5.74, 6) is -0.735. The van der Waals surface area contributed by atoms with Gasteiger partial charge in [0.1, 0.15) is 0 Å². The predicted octanol–water partition coefficient (Wildman–Crippen LogP) is 3.14. The van der Waals surface area contributed by atoms with Crippen molar-refractivity contribution in [3.63, 3.8) is 0 Å². The lowest BCUT2D eigenvalue weighted by Crippen LogP contribution is -2.29. The number of carbonyl (C=O) groups is 1. The van der Waals surface area contributed by atoms with Crippen LogP contribution in [0.1, 0.15) is 25.1 Å². The molecule has 17 heavy (non-hydrogen) atoms. The number of carboxylic acid groups (broad SMARTS) is 1. The van der Waals surface area contributed by atoms with Crippen molar-refractivity contribution in [1.82, 2.24) is 5.32 Å². The predicted molar refractivity (Wildman–Crippen MR) is 74.6 cm³/mol. The zero-order valence-electron chi connectivity index (χ0n) is 10.1. The second-order valence-electron chi connectivity index (χ2n) is 4.67. The summed E-state index contributed by atoms with van der Waals surface area (Å²) in [5.41, 5.74) is -0.640. The molecule has 2 N–H and O–H groups in total. The van der Waals surface area contributed by atoms with Gasteiger partial charge in [-0.1, -0.05) is 0 Å². The molecule has 0 fully saturated rings. The summed E-state index contributed by atoms with van der Waals surface area (Å²) in [7, 11) is 0. The highest BCUT2D eigenvalue weighted by atomic mass is 79.9. The Morgan fingerprint density at radius 3 is 2.76 bits per heavy atom. The van der Waals surface area contributed by atoms with Crippen LogP contribution in [-0.2, 0) is 11.2 Å². The maximum Gasteiger partial charge on any atom is 0.309 e. The molecule has 1 rings (SSSR count). The van der Waals surface area contributed by atoms with Gasteiger partial charge in [-0.15, -0.1) is 11.3 Å². The van der Waals surface area contributed by atoms with Gasteiger partial charge in [0, 0.05) is 14.7 Å². The van der Waals surface area contributed by atoms with Crippen LogP contribution in [0.15, 0.2) is 15.9 Å². The molecule has 5 heteroatoms. The van der Waals surface area contributed by atoms with Gasteiger partial charge in [0.2, 0.25) is 0 Å². The maximum absolute atomic E-state index is 10.9. The van der Waals surface area contributed by atoms with Crippen molar-refractivity contribution < 1.29 is 9.90 Å². The van der Waals surface area contributed by atoms with E-state index in [1.807, 2.05) is 0 Å². The van der Waals surface area contributed by atoms with Crippen LogP contribution in [0.3, 0.4) is 0 Å². The first-order valence-corrected chi connectivity index (χ1v) is 7.26. The Morgan fingerprint density at radius 1 is 1.53 bits per heavy atom. The van der Waals surface area contributed by atoms with Crippen molar-refractivity contribution in [2.75, 3.05) is 13.1 Å². The molecule has 0 saturated heterocycles. The quantitative estimate of drug-likeness (QED) is 0.759. The van der Waals surface area contributed by atoms with E-state index in [2.05, 4.69) is 32.7 Å². The molecule has 0 aromatic carbocycles. The number of hydrogen-bond acceptors (Lipinski definition) is 3. The lowest BCUT2D eigenvalue weighted by Gasteiger charge is -2.18. The van der Waals surface area contributed by atoms with E-state index in [9.17, 15) is 4.79 Å². The molecule has 1 aromatic heterocycles. The number of hydrogen-bond donors (Lipinski definition) is 2. The second-order valence-corrected chi connectivity index (χ2v) is 6.58. The number of aliphatic carboxylic acids is 1. The normalized spacial score (nSPS) is 11.7. The van der Waals surface area contributed by atoms with Crippen molar-refractivity contribution in [2.45, 2.75) is 26.7 Å². The maximum atomic E-state index is 10.9. The molecule has 0 saturated carbocycles. The van der Waals surface area contributed by atoms with Crippen LogP contribution in [0.25, 0.3) is 0 Å². The van der Waals surface area contributed by atoms with Gasteiger partial charge in [-0.3, -0.25) is 4.79 Å². The average molecular weight is 320 g/mol. The van der Waals surface area contributed by atoms with Gasteiger partial charge >= 0.3 is 5.97 Å². The number of rotatable bonds is 7. The van der Waals surface area contributed by atoms with Crippen LogP contribution in [0.5, 0.6) is 0 Å². The van der Waals surface area contributed by atoms with E-state index in [0.717, 1.165) is 24.0 Å². The minimum absolute atomic E-state index is 0.640. The van der Waals surface area contributed by atoms with Crippen molar-refractivity contribution in [3.05, 3.63) is 20.8 Å². The van der Waals surface area contributed by atoms with Crippen molar-refractivity contribution in [1.29, 1.82) is 0 Å². The van der Waals surface area contributed by atoms with Gasteiger partial charge in [-0.2, -0.15) is 0 Å². The third-order valence-corrected chi connectivity index (χ3v) is 4.43. The van der Waals surface area contributed by atoms with Crippen LogP contribution < -0.4 is 5.32 Å². The van der Waals surface area contributed by atoms with Crippen LogP contribution in [-0.4, -0.2) is 24.2 Å². The first kappa shape index (κ1) is 14.7. The van der Waals surface area contributed by atoms with E-state index in [0.29, 0.717) is 6.42 Å². The van der Waals surface area contributed by atoms with Crippen molar-refractivity contribution >= 4 is 33.2 Å². The largest absolute Gasteiger partial charge is 0.481 e. The fourth-order valence-corrected chi connectivity index (χ4v) is 2.78. The average Bonchev–Trinajstić information content (AvgIpc) is 2.63. The van der Waals surface area contributed by atoms with Gasteiger partial charge in [0.25, 0.3) is 0 Å². The van der Waals surface area contributed by atoms with E-state index in [1.54, 1.807) is 25.2 Å². The molecular formula is C12H18BrNO2S. The Labute approximate surface area is 114 Å². The van der Waals surface area contributed by atoms with Crippen molar-refractivity contribution in [3.8, 4) is 0 Å². The molecule has 0 amide bonds. The first-order chi connectivity index (χ1) is 7.92. The van der Waals surface area contributed by atoms with Crippen LogP contribution in [0, 0.1) is 5.41 Å². The van der Waals surface area contributed by atoms with E-state index in [1.165, 1.54) is 4.88 Å². The van der Waals surface area contributed by atoms with Crippen LogP contribution >= 0.6 is 27.3 Å². The smallest absolute Gasteiger partial charge is 0.309 e. The highest BCUT2D eigenvalue weighted by Crippen LogP contribution is 2.20. The summed E-state index contributed by atoms with van der Waals surface area (Å²) in [4.78, 5) is 12.2. The van der Waals surface area contributed by atoms with Crippen molar-refractivity contribution in [2.24, 2.45) is 5.41 Å². The highest BCUT2D eigenvalue weighted by molar-refractivity contribution is 9.10. The minimum Gasteiger partial charge on any atom is -0.481 e. The molecule has 0 spiro atoms. The van der Waals surface area contributed by atoms with Gasteiger partial charge in [-0.05, 0) is 61.8 Å². The summed E-state index contributed by atoms with van der Waals surface area (Å²) < 4.78 is 1.13. The van der Waals surface area contributed by atoms with E-state index in [-0.39, 0.29) is 0 Å². The Hall–Kier alpha value is -0.390. The Balaban J connectivity index is 2.15. The fourth-order valence-electron chi connectivity index (χ4n) is 1.33. The zero-order chi connectivity index (χ0) is 12.9. The lowest BCUT2D eigenvalue weighted by atomic mass is 9.90. The molecular weight excluding hydrogens is 302 g/mol. The third kappa shape index (κ3) is 5.19. The number of thiophene rings is 1. The minimum atomic E-state index is -0.735. The first-order valence-electron chi connectivity index (χ1n) is 5.59. The summed E-state index contributed by atoms with van der Waals surface area (Å²) in [6, 6.07) is 2.12. The van der Waals surface area contributed by atoms with Crippen LogP contribution in [0.4, 0.5) is 0 Å². The molecule has 0 bridgehead atoms. The standard InChI is InChI=1S/C12H18BrNO2S/c1-12(2,11(15)16)4-6-14-5-3-10-7-9(13)8-17-10/h7-8,14H,3-6H2,1-2H3,(H,15,16). The molecule has 1 aromatic rings. The Bertz CT molecular complexity index is 376. The lowest BCUT2D eigenvalue weighted by molar-refractivity contribution is -0.147. The summed E-state index contributed by atoms with van der Waals surface area (Å²) in [6.45, 7) is 5.15. The number of carboxylic acids is 1. The van der Waals surface area contributed by atoms with E-state index >= 15 is 0 Å². The molecule has 1 heterocycles. The Kier molecular flexibility index (Phi) is 5.62. The summed E-state index contributed by atoms with van der Waals surface area (Å²) in [6.07, 6.45) is 1.64. The molecule has 0 aliphatic carbocycles. The molecule has 0 aliphatic rings.